The molecular formula is C18H21BrN2O3. The number of rotatable bonds is 7. The quantitative estimate of drug-likeness (QED) is 0.756. The molecule has 128 valence electrons. The summed E-state index contributed by atoms with van der Waals surface area (Å²) in [6.07, 6.45) is 0. The van der Waals surface area contributed by atoms with Crippen LogP contribution in [0.25, 0.3) is 0 Å². The lowest BCUT2D eigenvalue weighted by molar-refractivity contribution is -0.118. The highest BCUT2D eigenvalue weighted by atomic mass is 79.9. The van der Waals surface area contributed by atoms with Crippen molar-refractivity contribution < 1.29 is 14.3 Å². The summed E-state index contributed by atoms with van der Waals surface area (Å²) in [5.41, 5.74) is 2.93. The Morgan fingerprint density at radius 1 is 1.17 bits per heavy atom. The minimum absolute atomic E-state index is 0.0952. The molecule has 0 bridgehead atoms. The van der Waals surface area contributed by atoms with Crippen LogP contribution in [-0.2, 0) is 11.3 Å². The maximum absolute atomic E-state index is 12.0. The van der Waals surface area contributed by atoms with Gasteiger partial charge in [0.05, 0.1) is 7.11 Å². The second kappa shape index (κ2) is 8.70. The Bertz CT molecular complexity index is 702. The van der Waals surface area contributed by atoms with Gasteiger partial charge in [0, 0.05) is 16.7 Å². The molecule has 0 aliphatic heterocycles. The number of ether oxygens (including phenoxy) is 2. The van der Waals surface area contributed by atoms with Gasteiger partial charge in [-0.05, 0) is 43.8 Å². The van der Waals surface area contributed by atoms with Crippen LogP contribution in [-0.4, -0.2) is 26.7 Å². The van der Waals surface area contributed by atoms with Crippen LogP contribution >= 0.6 is 15.9 Å². The molecule has 0 atom stereocenters. The molecule has 0 saturated carbocycles. The number of carbonyl (C=O) groups excluding carboxylic acids is 1. The van der Waals surface area contributed by atoms with E-state index in [1.54, 1.807) is 7.11 Å². The summed E-state index contributed by atoms with van der Waals surface area (Å²) >= 11 is 3.50. The lowest BCUT2D eigenvalue weighted by Gasteiger charge is -2.14. The summed E-state index contributed by atoms with van der Waals surface area (Å²) in [6.45, 7) is 2.60. The summed E-state index contributed by atoms with van der Waals surface area (Å²) in [7, 11) is 3.45. The van der Waals surface area contributed by atoms with E-state index in [0.717, 1.165) is 21.3 Å². The van der Waals surface area contributed by atoms with Crippen LogP contribution in [0.15, 0.2) is 40.9 Å². The molecule has 0 fully saturated rings. The number of carbonyl (C=O) groups is 1. The molecule has 2 rings (SSSR count). The van der Waals surface area contributed by atoms with Crippen LogP contribution in [0, 0.1) is 6.92 Å². The van der Waals surface area contributed by atoms with Crippen molar-refractivity contribution in [3.8, 4) is 11.5 Å². The largest absolute Gasteiger partial charge is 0.493 e. The lowest BCUT2D eigenvalue weighted by Crippen LogP contribution is -2.20. The number of amides is 1. The molecule has 0 aliphatic carbocycles. The van der Waals surface area contributed by atoms with E-state index in [4.69, 9.17) is 9.47 Å². The van der Waals surface area contributed by atoms with Crippen molar-refractivity contribution in [2.75, 3.05) is 26.1 Å². The zero-order chi connectivity index (χ0) is 17.5. The Morgan fingerprint density at radius 3 is 2.50 bits per heavy atom. The van der Waals surface area contributed by atoms with Crippen LogP contribution in [0.2, 0.25) is 0 Å². The fourth-order valence-electron chi connectivity index (χ4n) is 2.15. The molecule has 0 heterocycles. The van der Waals surface area contributed by atoms with Crippen molar-refractivity contribution in [2.24, 2.45) is 0 Å². The molecule has 24 heavy (non-hydrogen) atoms. The van der Waals surface area contributed by atoms with Crippen molar-refractivity contribution in [1.82, 2.24) is 5.32 Å². The van der Waals surface area contributed by atoms with E-state index in [-0.39, 0.29) is 12.5 Å². The van der Waals surface area contributed by atoms with Gasteiger partial charge < -0.3 is 20.1 Å². The maximum atomic E-state index is 12.0. The second-order valence-corrected chi connectivity index (χ2v) is 6.18. The minimum atomic E-state index is -0.226. The fraction of sp³-hybridized carbons (Fsp3) is 0.278. The van der Waals surface area contributed by atoms with Gasteiger partial charge in [0.2, 0.25) is 0 Å². The topological polar surface area (TPSA) is 59.6 Å². The van der Waals surface area contributed by atoms with Gasteiger partial charge in [-0.15, -0.1) is 0 Å². The highest BCUT2D eigenvalue weighted by Gasteiger charge is 2.12. The Balaban J connectivity index is 2.01. The van der Waals surface area contributed by atoms with Crippen LogP contribution in [0.4, 0.5) is 5.69 Å². The first kappa shape index (κ1) is 18.3. The van der Waals surface area contributed by atoms with Gasteiger partial charge >= 0.3 is 0 Å². The number of nitrogens with one attached hydrogen (secondary N) is 2. The molecule has 1 amide bonds. The highest BCUT2D eigenvalue weighted by Crippen LogP contribution is 2.33. The molecule has 0 aliphatic rings. The van der Waals surface area contributed by atoms with E-state index in [1.165, 1.54) is 0 Å². The molecule has 0 radical (unpaired) electrons. The van der Waals surface area contributed by atoms with Gasteiger partial charge in [-0.25, -0.2) is 0 Å². The van der Waals surface area contributed by atoms with Crippen molar-refractivity contribution >= 4 is 27.5 Å². The predicted octanol–water partition coefficient (Wildman–Crippen LogP) is 3.50. The molecule has 0 spiro atoms. The number of benzene rings is 2. The standard InChI is InChI=1S/C18H21BrN2O3/c1-12-4-6-14(7-5-12)21-18(22)11-24-17-9-15(19)13(10-20-2)8-16(17)23-3/h4-9,20H,10-11H2,1-3H3,(H,21,22). The van der Waals surface area contributed by atoms with E-state index in [9.17, 15) is 4.79 Å². The molecule has 5 nitrogen and oxygen atoms in total. The zero-order valence-corrected chi connectivity index (χ0v) is 15.6. The van der Waals surface area contributed by atoms with Gasteiger partial charge in [-0.2, -0.15) is 0 Å². The van der Waals surface area contributed by atoms with Crippen molar-refractivity contribution in [1.29, 1.82) is 0 Å². The third kappa shape index (κ3) is 4.97. The third-order valence-electron chi connectivity index (χ3n) is 3.39. The van der Waals surface area contributed by atoms with Crippen LogP contribution in [0.1, 0.15) is 11.1 Å². The molecule has 2 N–H and O–H groups in total. The number of anilines is 1. The number of hydrogen-bond acceptors (Lipinski definition) is 4. The average Bonchev–Trinajstić information content (AvgIpc) is 2.57. The number of methoxy groups -OCH3 is 1. The van der Waals surface area contributed by atoms with E-state index < -0.39 is 0 Å². The Kier molecular flexibility index (Phi) is 6.63. The van der Waals surface area contributed by atoms with E-state index in [1.807, 2.05) is 50.4 Å². The van der Waals surface area contributed by atoms with Gasteiger partial charge in [-0.1, -0.05) is 33.6 Å². The summed E-state index contributed by atoms with van der Waals surface area (Å²) in [6, 6.07) is 11.3. The van der Waals surface area contributed by atoms with Crippen LogP contribution < -0.4 is 20.1 Å². The monoisotopic (exact) mass is 392 g/mol. The average molecular weight is 393 g/mol. The fourth-order valence-corrected chi connectivity index (χ4v) is 2.62. The van der Waals surface area contributed by atoms with Crippen molar-refractivity contribution in [3.63, 3.8) is 0 Å². The van der Waals surface area contributed by atoms with E-state index >= 15 is 0 Å². The highest BCUT2D eigenvalue weighted by molar-refractivity contribution is 9.10. The first-order chi connectivity index (χ1) is 11.5. The van der Waals surface area contributed by atoms with Gasteiger partial charge in [0.15, 0.2) is 18.1 Å². The maximum Gasteiger partial charge on any atom is 0.262 e. The Morgan fingerprint density at radius 2 is 1.88 bits per heavy atom. The lowest BCUT2D eigenvalue weighted by atomic mass is 10.2. The molecule has 0 saturated heterocycles. The molecule has 0 aromatic heterocycles. The van der Waals surface area contributed by atoms with Crippen LogP contribution in [0.5, 0.6) is 11.5 Å². The first-order valence-corrected chi connectivity index (χ1v) is 8.33. The predicted molar refractivity (Wildman–Crippen MR) is 98.8 cm³/mol. The molecular weight excluding hydrogens is 372 g/mol. The van der Waals surface area contributed by atoms with Crippen molar-refractivity contribution in [2.45, 2.75) is 13.5 Å². The summed E-state index contributed by atoms with van der Waals surface area (Å²) in [5.74, 6) is 0.881. The minimum Gasteiger partial charge on any atom is -0.493 e. The number of aryl methyl sites for hydroxylation is 1. The normalized spacial score (nSPS) is 10.3. The van der Waals surface area contributed by atoms with Crippen molar-refractivity contribution in [3.05, 3.63) is 52.0 Å². The van der Waals surface area contributed by atoms with Crippen LogP contribution in [0.3, 0.4) is 0 Å². The molecule has 6 heteroatoms. The summed E-state index contributed by atoms with van der Waals surface area (Å²) in [5, 5.41) is 5.88. The van der Waals surface area contributed by atoms with Gasteiger partial charge in [-0.3, -0.25) is 4.79 Å². The smallest absolute Gasteiger partial charge is 0.262 e. The number of halogens is 1. The van der Waals surface area contributed by atoms with Gasteiger partial charge in [0.1, 0.15) is 0 Å². The zero-order valence-electron chi connectivity index (χ0n) is 14.0. The summed E-state index contributed by atoms with van der Waals surface area (Å²) < 4.78 is 11.9. The second-order valence-electron chi connectivity index (χ2n) is 5.33. The van der Waals surface area contributed by atoms with E-state index in [2.05, 4.69) is 26.6 Å². The first-order valence-electron chi connectivity index (χ1n) is 7.54. The molecule has 2 aromatic rings. The van der Waals surface area contributed by atoms with E-state index in [0.29, 0.717) is 18.0 Å². The number of hydrogen-bond donors (Lipinski definition) is 2. The SMILES string of the molecule is CNCc1cc(OC)c(OCC(=O)Nc2ccc(C)cc2)cc1Br. The Labute approximate surface area is 150 Å². The molecule has 2 aromatic carbocycles. The third-order valence-corrected chi connectivity index (χ3v) is 4.13. The summed E-state index contributed by atoms with van der Waals surface area (Å²) in [4.78, 5) is 12.0. The molecule has 0 unspecified atom stereocenters. The van der Waals surface area contributed by atoms with Gasteiger partial charge in [0.25, 0.3) is 5.91 Å². The Hall–Kier alpha value is -2.05.